The molecule has 1 aromatic carbocycles. The Kier molecular flexibility index (Phi) is 7.72. The molecular formula is C25H37F2N3O4SSi. The molecule has 11 heteroatoms. The van der Waals surface area contributed by atoms with Crippen molar-refractivity contribution in [3.8, 4) is 0 Å². The third-order valence-electron chi connectivity index (χ3n) is 6.81. The highest BCUT2D eigenvalue weighted by molar-refractivity contribution is 8.16. The zero-order valence-corrected chi connectivity index (χ0v) is 24.1. The van der Waals surface area contributed by atoms with Crippen molar-refractivity contribution in [1.82, 2.24) is 10.2 Å². The average Bonchev–Trinajstić information content (AvgIpc) is 3.49. The number of nitrogens with one attached hydrogen (secondary N) is 1. The van der Waals surface area contributed by atoms with Crippen molar-refractivity contribution >= 4 is 37.0 Å². The van der Waals surface area contributed by atoms with Crippen LogP contribution in [0, 0.1) is 23.0 Å². The van der Waals surface area contributed by atoms with Gasteiger partial charge >= 0.3 is 6.09 Å². The summed E-state index contributed by atoms with van der Waals surface area (Å²) in [7, 11) is 0.0488. The molecule has 4 atom stereocenters. The van der Waals surface area contributed by atoms with E-state index in [1.807, 2.05) is 20.8 Å². The number of thioether (sulfide) groups is 1. The monoisotopic (exact) mass is 541 g/mol. The van der Waals surface area contributed by atoms with E-state index in [4.69, 9.17) is 9.73 Å². The number of nitrogens with zero attached hydrogens (tertiary/aromatic N) is 2. The molecule has 1 aliphatic carbocycles. The number of amides is 2. The molecule has 1 unspecified atom stereocenters. The molecule has 2 N–H and O–H groups in total. The number of carbonyl (C=O) groups is 2. The molecule has 1 saturated carbocycles. The summed E-state index contributed by atoms with van der Waals surface area (Å²) in [6.45, 7) is 14.2. The van der Waals surface area contributed by atoms with E-state index in [-0.39, 0.29) is 16.6 Å². The maximum absolute atomic E-state index is 15.0. The minimum Gasteiger partial charge on any atom is -0.465 e. The van der Waals surface area contributed by atoms with Gasteiger partial charge in [0, 0.05) is 38.6 Å². The van der Waals surface area contributed by atoms with Crippen LogP contribution >= 0.6 is 11.8 Å². The molecule has 3 rings (SSSR count). The largest absolute Gasteiger partial charge is 0.465 e. The van der Waals surface area contributed by atoms with Crippen LogP contribution in [0.3, 0.4) is 0 Å². The third-order valence-corrected chi connectivity index (χ3v) is 9.99. The maximum atomic E-state index is 15.0. The number of hydrogen-bond donors (Lipinski definition) is 2. The average molecular weight is 542 g/mol. The van der Waals surface area contributed by atoms with Crippen LogP contribution in [0.15, 0.2) is 23.2 Å². The third kappa shape index (κ3) is 5.33. The smallest absolute Gasteiger partial charge is 0.415 e. The molecule has 2 amide bonds. The maximum Gasteiger partial charge on any atom is 0.415 e. The van der Waals surface area contributed by atoms with Crippen molar-refractivity contribution in [3.63, 3.8) is 0 Å². The van der Waals surface area contributed by atoms with E-state index >= 15 is 4.39 Å². The highest BCUT2D eigenvalue weighted by atomic mass is 32.2. The Labute approximate surface area is 217 Å². The number of carboxylic acid groups (broad SMARTS) is 1. The van der Waals surface area contributed by atoms with Crippen LogP contribution in [0.1, 0.15) is 39.7 Å². The first-order chi connectivity index (χ1) is 16.5. The van der Waals surface area contributed by atoms with Gasteiger partial charge in [0.25, 0.3) is 0 Å². The van der Waals surface area contributed by atoms with Gasteiger partial charge in [-0.2, -0.15) is 0 Å². The molecule has 0 saturated heterocycles. The van der Waals surface area contributed by atoms with Crippen LogP contribution in [0.5, 0.6) is 0 Å². The number of halogens is 2. The molecule has 1 heterocycles. The van der Waals surface area contributed by atoms with Crippen LogP contribution in [0.4, 0.5) is 13.6 Å². The summed E-state index contributed by atoms with van der Waals surface area (Å²) in [5.74, 6) is -2.81. The Balaban J connectivity index is 2.14. The number of fused-ring (bicyclic) bond motifs is 1. The van der Waals surface area contributed by atoms with Gasteiger partial charge in [-0.15, -0.1) is 0 Å². The van der Waals surface area contributed by atoms with Crippen LogP contribution in [-0.4, -0.2) is 59.9 Å². The molecule has 1 aromatic rings. The highest BCUT2D eigenvalue weighted by Crippen LogP contribution is 2.66. The van der Waals surface area contributed by atoms with Gasteiger partial charge in [-0.25, -0.2) is 18.5 Å². The molecule has 0 bridgehead atoms. The zero-order valence-electron chi connectivity index (χ0n) is 22.2. The number of benzene rings is 1. The topological polar surface area (TPSA) is 91.2 Å². The van der Waals surface area contributed by atoms with Gasteiger partial charge in [0.15, 0.2) is 16.8 Å². The molecule has 36 heavy (non-hydrogen) atoms. The zero-order chi connectivity index (χ0) is 27.3. The van der Waals surface area contributed by atoms with Crippen molar-refractivity contribution in [2.45, 2.75) is 76.3 Å². The molecule has 2 aliphatic rings. The van der Waals surface area contributed by atoms with Gasteiger partial charge in [-0.1, -0.05) is 64.3 Å². The van der Waals surface area contributed by atoms with Gasteiger partial charge < -0.3 is 15.2 Å². The molecular weight excluding hydrogens is 504 g/mol. The first-order valence-electron chi connectivity index (χ1n) is 12.1. The number of hydrogen-bond acceptors (Lipinski definition) is 5. The van der Waals surface area contributed by atoms with Crippen LogP contribution in [0.2, 0.25) is 25.7 Å². The summed E-state index contributed by atoms with van der Waals surface area (Å²) in [5.41, 5.74) is -2.00. The van der Waals surface area contributed by atoms with Crippen molar-refractivity contribution < 1.29 is 28.2 Å². The summed E-state index contributed by atoms with van der Waals surface area (Å²) in [6, 6.07) is 4.70. The lowest BCUT2D eigenvalue weighted by atomic mass is 9.85. The molecule has 200 valence electrons. The second-order valence-electron chi connectivity index (χ2n) is 12.0. The molecule has 1 fully saturated rings. The lowest BCUT2D eigenvalue weighted by molar-refractivity contribution is -0.121. The summed E-state index contributed by atoms with van der Waals surface area (Å²) in [5, 5.41) is 13.1. The van der Waals surface area contributed by atoms with E-state index in [0.29, 0.717) is 13.0 Å². The molecule has 1 aliphatic heterocycles. The van der Waals surface area contributed by atoms with Crippen molar-refractivity contribution in [1.29, 1.82) is 0 Å². The van der Waals surface area contributed by atoms with Gasteiger partial charge in [0.2, 0.25) is 5.91 Å². The fourth-order valence-electron chi connectivity index (χ4n) is 4.70. The lowest BCUT2D eigenvalue weighted by Crippen LogP contribution is -2.54. The predicted molar refractivity (Wildman–Crippen MR) is 141 cm³/mol. The number of amidine groups is 1. The molecule has 0 spiro atoms. The van der Waals surface area contributed by atoms with Crippen molar-refractivity contribution in [2.24, 2.45) is 16.3 Å². The summed E-state index contributed by atoms with van der Waals surface area (Å²) < 4.78 is 34.4. The highest BCUT2D eigenvalue weighted by Gasteiger charge is 2.71. The Morgan fingerprint density at radius 3 is 2.50 bits per heavy atom. The van der Waals surface area contributed by atoms with Gasteiger partial charge in [0.05, 0.1) is 5.54 Å². The summed E-state index contributed by atoms with van der Waals surface area (Å²) in [4.78, 5) is 31.6. The Morgan fingerprint density at radius 2 is 1.97 bits per heavy atom. The minimum atomic E-state index is -1.46. The van der Waals surface area contributed by atoms with Gasteiger partial charge in [0.1, 0.15) is 11.0 Å². The van der Waals surface area contributed by atoms with Gasteiger partial charge in [-0.05, 0) is 25.5 Å². The second-order valence-corrected chi connectivity index (χ2v) is 18.9. The molecule has 0 aromatic heterocycles. The fraction of sp³-hybridized carbons (Fsp3) is 0.640. The van der Waals surface area contributed by atoms with Crippen molar-refractivity contribution in [2.75, 3.05) is 13.7 Å². The second kappa shape index (κ2) is 9.72. The summed E-state index contributed by atoms with van der Waals surface area (Å²) in [6.07, 6.45) is -1.85. The Bertz CT molecular complexity index is 1070. The number of rotatable bonds is 7. The molecule has 7 nitrogen and oxygen atoms in total. The predicted octanol–water partition coefficient (Wildman–Crippen LogP) is 5.49. The standard InChI is InChI=1S/C25H37F2N3O4SSi/c1-23(2,3)20(34-12-13-36(6,7)8)30(22(32)33)21-29-24(4,15-10-9-11-16(26)18(15)27)17-14-25(17,35-21)19(31)28-5/h9-11,17,20H,12-14H2,1-8H3,(H,28,31)(H,32,33)/t17-,20?,24+,25-/m0/s1. The number of ether oxygens (including phenoxy) is 1. The van der Waals surface area contributed by atoms with Crippen LogP contribution < -0.4 is 5.32 Å². The number of aliphatic imine (C=N–C) groups is 1. The quantitative estimate of drug-likeness (QED) is 0.352. The van der Waals surface area contributed by atoms with Gasteiger partial charge in [-0.3, -0.25) is 9.79 Å². The molecule has 0 radical (unpaired) electrons. The van der Waals surface area contributed by atoms with Crippen molar-refractivity contribution in [3.05, 3.63) is 35.4 Å². The van der Waals surface area contributed by atoms with E-state index in [1.54, 1.807) is 6.92 Å². The van der Waals surface area contributed by atoms with E-state index in [2.05, 4.69) is 25.0 Å². The summed E-state index contributed by atoms with van der Waals surface area (Å²) >= 11 is 1.06. The minimum absolute atomic E-state index is 0.00613. The van der Waals surface area contributed by atoms with Crippen LogP contribution in [0.25, 0.3) is 0 Å². The van der Waals surface area contributed by atoms with E-state index < -0.39 is 53.6 Å². The Hall–Kier alpha value is -1.98. The van der Waals surface area contributed by atoms with E-state index in [1.165, 1.54) is 19.2 Å². The number of carbonyl (C=O) groups excluding carboxylic acids is 1. The lowest BCUT2D eigenvalue weighted by Gasteiger charge is -2.42. The van der Waals surface area contributed by atoms with E-state index in [9.17, 15) is 19.1 Å². The SMILES string of the molecule is CNC(=O)[C@]12C[C@H]1[C@@](C)(c1cccc(F)c1F)N=C(N(C(=O)O)C(OCC[Si](C)(C)C)C(C)(C)C)S2. The first-order valence-corrected chi connectivity index (χ1v) is 16.6. The fourth-order valence-corrected chi connectivity index (χ4v) is 7.08. The first kappa shape index (κ1) is 28.6. The van der Waals surface area contributed by atoms with Crippen LogP contribution in [-0.2, 0) is 15.1 Å². The van der Waals surface area contributed by atoms with E-state index in [0.717, 1.165) is 28.8 Å². The normalized spacial score (nSPS) is 26.5. The Morgan fingerprint density at radius 1 is 1.33 bits per heavy atom.